The molecule has 2 fully saturated rings. The predicted octanol–water partition coefficient (Wildman–Crippen LogP) is 5.59. The molecule has 3 aromatic rings. The first-order valence-corrected chi connectivity index (χ1v) is 13.6. The maximum absolute atomic E-state index is 13.5. The number of rotatable bonds is 10. The quantitative estimate of drug-likeness (QED) is 0.306. The summed E-state index contributed by atoms with van der Waals surface area (Å²) in [6.07, 6.45) is 5.45. The average Bonchev–Trinajstić information content (AvgIpc) is 3.71. The maximum Gasteiger partial charge on any atom is 0.255 e. The van der Waals surface area contributed by atoms with Gasteiger partial charge in [0, 0.05) is 17.5 Å². The Hall–Kier alpha value is -3.29. The number of nitrogens with one attached hydrogen (secondary N) is 2. The van der Waals surface area contributed by atoms with Crippen LogP contribution in [0.25, 0.3) is 0 Å². The van der Waals surface area contributed by atoms with Crippen molar-refractivity contribution < 1.29 is 13.6 Å². The highest BCUT2D eigenvalue weighted by molar-refractivity contribution is 6.05. The van der Waals surface area contributed by atoms with Crippen LogP contribution < -0.4 is 16.4 Å². The molecule has 7 heteroatoms. The summed E-state index contributed by atoms with van der Waals surface area (Å²) in [7, 11) is 0. The molecule has 1 saturated carbocycles. The Morgan fingerprint density at radius 3 is 2.47 bits per heavy atom. The number of hydrogen-bond acceptors (Lipinski definition) is 4. The number of halogens is 2. The molecule has 0 unspecified atom stereocenters. The monoisotopic (exact) mass is 518 g/mol. The van der Waals surface area contributed by atoms with Gasteiger partial charge in [0.15, 0.2) is 11.6 Å². The van der Waals surface area contributed by atoms with Crippen molar-refractivity contribution in [2.24, 2.45) is 5.92 Å². The van der Waals surface area contributed by atoms with Crippen LogP contribution >= 0.6 is 0 Å². The third-order valence-corrected chi connectivity index (χ3v) is 7.90. The van der Waals surface area contributed by atoms with E-state index in [-0.39, 0.29) is 5.91 Å². The number of hydrogen-bond donors (Lipinski definition) is 3. The van der Waals surface area contributed by atoms with Crippen molar-refractivity contribution in [2.45, 2.75) is 44.1 Å². The maximum atomic E-state index is 13.5. The minimum Gasteiger partial charge on any atom is -0.397 e. The molecule has 0 aromatic heterocycles. The third-order valence-electron chi connectivity index (χ3n) is 7.90. The fourth-order valence-corrected chi connectivity index (χ4v) is 5.40. The summed E-state index contributed by atoms with van der Waals surface area (Å²) in [4.78, 5) is 15.1. The van der Waals surface area contributed by atoms with Crippen LogP contribution in [0, 0.1) is 17.6 Å². The van der Waals surface area contributed by atoms with E-state index in [9.17, 15) is 13.6 Å². The van der Waals surface area contributed by atoms with Crippen LogP contribution in [-0.4, -0.2) is 43.0 Å². The molecule has 5 nitrogen and oxygen atoms in total. The fourth-order valence-electron chi connectivity index (χ4n) is 5.40. The van der Waals surface area contributed by atoms with Gasteiger partial charge in [-0.25, -0.2) is 8.78 Å². The van der Waals surface area contributed by atoms with Gasteiger partial charge in [0.1, 0.15) is 0 Å². The summed E-state index contributed by atoms with van der Waals surface area (Å²) in [5.74, 6) is -0.722. The molecule has 4 N–H and O–H groups in total. The summed E-state index contributed by atoms with van der Waals surface area (Å²) in [6, 6.07) is 19.7. The van der Waals surface area contributed by atoms with Gasteiger partial charge in [-0.05, 0) is 112 Å². The zero-order valence-electron chi connectivity index (χ0n) is 21.6. The second-order valence-corrected chi connectivity index (χ2v) is 10.7. The second-order valence-electron chi connectivity index (χ2n) is 10.7. The lowest BCUT2D eigenvalue weighted by molar-refractivity contribution is 0.102. The molecule has 5 rings (SSSR count). The van der Waals surface area contributed by atoms with Crippen molar-refractivity contribution in [3.63, 3.8) is 0 Å². The number of nitrogens with zero attached hydrogens (tertiary/aromatic N) is 1. The van der Waals surface area contributed by atoms with Gasteiger partial charge >= 0.3 is 0 Å². The minimum absolute atomic E-state index is 0.159. The van der Waals surface area contributed by atoms with E-state index >= 15 is 0 Å². The van der Waals surface area contributed by atoms with E-state index in [2.05, 4.69) is 15.5 Å². The zero-order valence-corrected chi connectivity index (χ0v) is 21.6. The summed E-state index contributed by atoms with van der Waals surface area (Å²) in [5.41, 5.74) is 9.84. The third kappa shape index (κ3) is 6.77. The van der Waals surface area contributed by atoms with E-state index in [0.29, 0.717) is 34.8 Å². The molecular formula is C31H36F2N4O. The lowest BCUT2D eigenvalue weighted by Crippen LogP contribution is -2.38. The number of nitrogen functional groups attached to an aromatic ring is 1. The highest BCUT2D eigenvalue weighted by Crippen LogP contribution is 2.41. The van der Waals surface area contributed by atoms with Crippen LogP contribution in [0.1, 0.15) is 53.1 Å². The summed E-state index contributed by atoms with van der Waals surface area (Å²) >= 11 is 0. The van der Waals surface area contributed by atoms with Crippen LogP contribution in [0.3, 0.4) is 0 Å². The Morgan fingerprint density at radius 1 is 0.974 bits per heavy atom. The molecule has 0 spiro atoms. The number of carbonyl (C=O) groups is 1. The number of nitrogens with two attached hydrogens (primary N) is 1. The summed E-state index contributed by atoms with van der Waals surface area (Å²) in [6.45, 7) is 4.31. The molecule has 2 aliphatic rings. The number of likely N-dealkylation sites (tertiary alicyclic amines) is 1. The van der Waals surface area contributed by atoms with Gasteiger partial charge in [0.05, 0.1) is 11.4 Å². The Bertz CT molecular complexity index is 1240. The molecule has 0 radical (unpaired) electrons. The van der Waals surface area contributed by atoms with E-state index in [1.54, 1.807) is 18.2 Å². The van der Waals surface area contributed by atoms with Crippen LogP contribution in [0.4, 0.5) is 20.2 Å². The molecule has 1 saturated heterocycles. The second kappa shape index (κ2) is 12.0. The zero-order chi connectivity index (χ0) is 26.5. The van der Waals surface area contributed by atoms with Crippen molar-refractivity contribution >= 4 is 17.3 Å². The van der Waals surface area contributed by atoms with Gasteiger partial charge in [-0.1, -0.05) is 30.3 Å². The molecule has 200 valence electrons. The van der Waals surface area contributed by atoms with Gasteiger partial charge in [-0.3, -0.25) is 4.79 Å². The largest absolute Gasteiger partial charge is 0.397 e. The van der Waals surface area contributed by atoms with Crippen molar-refractivity contribution in [1.82, 2.24) is 10.2 Å². The Morgan fingerprint density at radius 2 is 1.74 bits per heavy atom. The number of piperidine rings is 1. The number of para-hydroxylation sites is 2. The molecule has 2 atom stereocenters. The van der Waals surface area contributed by atoms with Crippen molar-refractivity contribution in [3.8, 4) is 0 Å². The first-order valence-electron chi connectivity index (χ1n) is 13.6. The smallest absolute Gasteiger partial charge is 0.255 e. The van der Waals surface area contributed by atoms with E-state index in [1.165, 1.54) is 30.5 Å². The molecule has 38 heavy (non-hydrogen) atoms. The van der Waals surface area contributed by atoms with Crippen LogP contribution in [0.2, 0.25) is 0 Å². The van der Waals surface area contributed by atoms with Gasteiger partial charge in [-0.15, -0.1) is 0 Å². The lowest BCUT2D eigenvalue weighted by Gasteiger charge is -2.32. The Labute approximate surface area is 223 Å². The normalized spacial score (nSPS) is 19.8. The first kappa shape index (κ1) is 26.3. The molecule has 0 bridgehead atoms. The molecular weight excluding hydrogens is 482 g/mol. The topological polar surface area (TPSA) is 70.4 Å². The Kier molecular flexibility index (Phi) is 8.35. The molecule has 1 aliphatic heterocycles. The van der Waals surface area contributed by atoms with Gasteiger partial charge < -0.3 is 21.3 Å². The lowest BCUT2D eigenvalue weighted by atomic mass is 9.96. The Balaban J connectivity index is 0.971. The SMILES string of the molecule is Nc1ccccc1NC(=O)c1ccc(CCCN2CCC(CN[C@@H]3C[C@H]3c3ccc(F)c(F)c3)CC2)cc1. The van der Waals surface area contributed by atoms with Crippen molar-refractivity contribution in [3.05, 3.63) is 95.1 Å². The van der Waals surface area contributed by atoms with Crippen LogP contribution in [0.5, 0.6) is 0 Å². The number of anilines is 2. The number of aryl methyl sites for hydroxylation is 1. The van der Waals surface area contributed by atoms with Gasteiger partial charge in [0.2, 0.25) is 0 Å². The summed E-state index contributed by atoms with van der Waals surface area (Å²) in [5, 5.41) is 6.51. The summed E-state index contributed by atoms with van der Waals surface area (Å²) < 4.78 is 26.7. The number of benzene rings is 3. The van der Waals surface area contributed by atoms with E-state index in [4.69, 9.17) is 5.73 Å². The van der Waals surface area contributed by atoms with Crippen LogP contribution in [0.15, 0.2) is 66.7 Å². The van der Waals surface area contributed by atoms with Gasteiger partial charge in [-0.2, -0.15) is 0 Å². The standard InChI is InChI=1S/C31H36F2N4O/c32-26-12-11-24(18-27(26)33)25-19-30(25)35-20-22-13-16-37(17-14-22)15-3-4-21-7-9-23(10-8-21)31(38)36-29-6-2-1-5-28(29)34/h1-2,5-12,18,22,25,30,35H,3-4,13-17,19-20,34H2,(H,36,38)/t25-,30+/m0/s1. The number of carbonyl (C=O) groups excluding carboxylic acids is 1. The van der Waals surface area contributed by atoms with E-state index in [0.717, 1.165) is 51.0 Å². The van der Waals surface area contributed by atoms with E-state index in [1.807, 2.05) is 36.4 Å². The molecule has 3 aromatic carbocycles. The highest BCUT2D eigenvalue weighted by Gasteiger charge is 2.38. The van der Waals surface area contributed by atoms with Gasteiger partial charge in [0.25, 0.3) is 5.91 Å². The predicted molar refractivity (Wildman–Crippen MR) is 148 cm³/mol. The van der Waals surface area contributed by atoms with E-state index < -0.39 is 11.6 Å². The highest BCUT2D eigenvalue weighted by atomic mass is 19.2. The first-order chi connectivity index (χ1) is 18.5. The molecule has 1 aliphatic carbocycles. The van der Waals surface area contributed by atoms with Crippen molar-refractivity contribution in [1.29, 1.82) is 0 Å². The average molecular weight is 519 g/mol. The number of amides is 1. The molecule has 1 amide bonds. The fraction of sp³-hybridized carbons (Fsp3) is 0.387. The minimum atomic E-state index is -0.779. The van der Waals surface area contributed by atoms with Crippen LogP contribution in [-0.2, 0) is 6.42 Å². The molecule has 1 heterocycles. The van der Waals surface area contributed by atoms with Crippen molar-refractivity contribution in [2.75, 3.05) is 37.2 Å².